The van der Waals surface area contributed by atoms with Crippen LogP contribution in [0.15, 0.2) is 0 Å². The van der Waals surface area contributed by atoms with E-state index in [4.69, 9.17) is 0 Å². The van der Waals surface area contributed by atoms with E-state index in [0.717, 1.165) is 17.8 Å². The van der Waals surface area contributed by atoms with Crippen LogP contribution in [0.5, 0.6) is 0 Å². The van der Waals surface area contributed by atoms with Crippen molar-refractivity contribution in [3.05, 3.63) is 0 Å². The second kappa shape index (κ2) is 6.02. The van der Waals surface area contributed by atoms with Crippen LogP contribution in [0.2, 0.25) is 0 Å². The Morgan fingerprint density at radius 1 is 1.12 bits per heavy atom. The van der Waals surface area contributed by atoms with Crippen LogP contribution in [0, 0.1) is 17.8 Å². The first-order chi connectivity index (χ1) is 7.75. The van der Waals surface area contributed by atoms with Crippen molar-refractivity contribution in [2.45, 2.75) is 39.5 Å². The highest BCUT2D eigenvalue weighted by molar-refractivity contribution is 4.82. The third-order valence-electron chi connectivity index (χ3n) is 4.42. The van der Waals surface area contributed by atoms with E-state index in [1.165, 1.54) is 58.4 Å². The minimum Gasteiger partial charge on any atom is -0.316 e. The normalized spacial score (nSPS) is 29.1. The molecule has 2 fully saturated rings. The summed E-state index contributed by atoms with van der Waals surface area (Å²) in [5.74, 6) is 2.87. The summed E-state index contributed by atoms with van der Waals surface area (Å²) in [4.78, 5) is 2.68. The first kappa shape index (κ1) is 12.4. The van der Waals surface area contributed by atoms with Crippen molar-refractivity contribution < 1.29 is 0 Å². The molecule has 0 unspecified atom stereocenters. The van der Waals surface area contributed by atoms with Crippen molar-refractivity contribution in [1.29, 1.82) is 0 Å². The van der Waals surface area contributed by atoms with Crippen LogP contribution in [0.1, 0.15) is 39.5 Å². The number of piperidine rings is 1. The number of hydrogen-bond acceptors (Lipinski definition) is 2. The van der Waals surface area contributed by atoms with Crippen molar-refractivity contribution in [1.82, 2.24) is 10.2 Å². The molecule has 0 aromatic heterocycles. The highest BCUT2D eigenvalue weighted by Gasteiger charge is 2.28. The Balaban J connectivity index is 1.65. The lowest BCUT2D eigenvalue weighted by Gasteiger charge is -2.34. The number of hydrogen-bond donors (Lipinski definition) is 1. The van der Waals surface area contributed by atoms with Gasteiger partial charge in [-0.05, 0) is 76.2 Å². The molecule has 1 N–H and O–H groups in total. The van der Waals surface area contributed by atoms with E-state index in [9.17, 15) is 0 Å². The molecule has 94 valence electrons. The Morgan fingerprint density at radius 3 is 2.44 bits per heavy atom. The second-order valence-electron chi connectivity index (χ2n) is 6.11. The molecular formula is C14H28N2. The van der Waals surface area contributed by atoms with Crippen molar-refractivity contribution in [2.24, 2.45) is 17.8 Å². The van der Waals surface area contributed by atoms with Gasteiger partial charge in [-0.3, -0.25) is 0 Å². The van der Waals surface area contributed by atoms with Gasteiger partial charge in [0, 0.05) is 0 Å². The molecule has 2 heterocycles. The standard InChI is InChI=1S/C14H28N2/c1-12(2)4-8-16-9-5-13(6-10-16)14-3-7-15-11-14/h12-15H,3-11H2,1-2H3/t14-/m0/s1. The van der Waals surface area contributed by atoms with Gasteiger partial charge in [-0.1, -0.05) is 13.8 Å². The highest BCUT2D eigenvalue weighted by atomic mass is 15.1. The molecule has 1 atom stereocenters. The SMILES string of the molecule is CC(C)CCN1CCC([C@H]2CCNC2)CC1. The Morgan fingerprint density at radius 2 is 1.88 bits per heavy atom. The predicted octanol–water partition coefficient (Wildman–Crippen LogP) is 2.35. The summed E-state index contributed by atoms with van der Waals surface area (Å²) >= 11 is 0. The van der Waals surface area contributed by atoms with Gasteiger partial charge in [-0.15, -0.1) is 0 Å². The maximum atomic E-state index is 3.51. The van der Waals surface area contributed by atoms with E-state index >= 15 is 0 Å². The summed E-state index contributed by atoms with van der Waals surface area (Å²) in [6, 6.07) is 0. The van der Waals surface area contributed by atoms with Crippen molar-refractivity contribution in [2.75, 3.05) is 32.7 Å². The van der Waals surface area contributed by atoms with E-state index in [1.807, 2.05) is 0 Å². The van der Waals surface area contributed by atoms with E-state index < -0.39 is 0 Å². The minimum atomic E-state index is 0.858. The van der Waals surface area contributed by atoms with Gasteiger partial charge in [-0.2, -0.15) is 0 Å². The van der Waals surface area contributed by atoms with Gasteiger partial charge < -0.3 is 10.2 Å². The van der Waals surface area contributed by atoms with Crippen LogP contribution in [-0.2, 0) is 0 Å². The Kier molecular flexibility index (Phi) is 4.66. The molecule has 0 aliphatic carbocycles. The lowest BCUT2D eigenvalue weighted by Crippen LogP contribution is -2.37. The zero-order valence-corrected chi connectivity index (χ0v) is 11.0. The summed E-state index contributed by atoms with van der Waals surface area (Å²) in [5.41, 5.74) is 0. The molecule has 0 aromatic carbocycles. The second-order valence-corrected chi connectivity index (χ2v) is 6.11. The first-order valence-electron chi connectivity index (χ1n) is 7.19. The molecule has 2 nitrogen and oxygen atoms in total. The number of rotatable bonds is 4. The lowest BCUT2D eigenvalue weighted by atomic mass is 9.84. The largest absolute Gasteiger partial charge is 0.316 e. The summed E-state index contributed by atoms with van der Waals surface area (Å²) in [6.45, 7) is 11.2. The third kappa shape index (κ3) is 3.46. The van der Waals surface area contributed by atoms with E-state index in [-0.39, 0.29) is 0 Å². The smallest absolute Gasteiger partial charge is 0.00160 e. The van der Waals surface area contributed by atoms with Gasteiger partial charge in [-0.25, -0.2) is 0 Å². The van der Waals surface area contributed by atoms with E-state index in [2.05, 4.69) is 24.1 Å². The van der Waals surface area contributed by atoms with Crippen molar-refractivity contribution in [3.63, 3.8) is 0 Å². The molecule has 0 radical (unpaired) electrons. The first-order valence-corrected chi connectivity index (χ1v) is 7.19. The fourth-order valence-electron chi connectivity index (χ4n) is 3.17. The van der Waals surface area contributed by atoms with Gasteiger partial charge >= 0.3 is 0 Å². The zero-order valence-electron chi connectivity index (χ0n) is 11.0. The minimum absolute atomic E-state index is 0.858. The summed E-state index contributed by atoms with van der Waals surface area (Å²) in [7, 11) is 0. The molecule has 16 heavy (non-hydrogen) atoms. The molecule has 2 aliphatic heterocycles. The summed E-state index contributed by atoms with van der Waals surface area (Å²) < 4.78 is 0. The maximum Gasteiger partial charge on any atom is -0.00160 e. The molecule has 0 spiro atoms. The summed E-state index contributed by atoms with van der Waals surface area (Å²) in [5, 5.41) is 3.51. The summed E-state index contributed by atoms with van der Waals surface area (Å²) in [6.07, 6.45) is 5.70. The van der Waals surface area contributed by atoms with Gasteiger partial charge in [0.2, 0.25) is 0 Å². The molecule has 2 heteroatoms. The quantitative estimate of drug-likeness (QED) is 0.788. The Labute approximate surface area is 101 Å². The average molecular weight is 224 g/mol. The third-order valence-corrected chi connectivity index (χ3v) is 4.42. The monoisotopic (exact) mass is 224 g/mol. The predicted molar refractivity (Wildman–Crippen MR) is 69.6 cm³/mol. The van der Waals surface area contributed by atoms with E-state index in [0.29, 0.717) is 0 Å². The Bertz CT molecular complexity index is 189. The fraction of sp³-hybridized carbons (Fsp3) is 1.00. The molecule has 2 saturated heterocycles. The number of nitrogens with one attached hydrogen (secondary N) is 1. The molecule has 0 amide bonds. The molecular weight excluding hydrogens is 196 g/mol. The Hall–Kier alpha value is -0.0800. The highest BCUT2D eigenvalue weighted by Crippen LogP contribution is 2.28. The van der Waals surface area contributed by atoms with Gasteiger partial charge in [0.1, 0.15) is 0 Å². The topological polar surface area (TPSA) is 15.3 Å². The lowest BCUT2D eigenvalue weighted by molar-refractivity contribution is 0.147. The average Bonchev–Trinajstić information content (AvgIpc) is 2.80. The van der Waals surface area contributed by atoms with Crippen LogP contribution < -0.4 is 5.32 Å². The molecule has 0 bridgehead atoms. The molecule has 2 rings (SSSR count). The van der Waals surface area contributed by atoms with Gasteiger partial charge in [0.05, 0.1) is 0 Å². The molecule has 0 aromatic rings. The van der Waals surface area contributed by atoms with Gasteiger partial charge in [0.15, 0.2) is 0 Å². The van der Waals surface area contributed by atoms with Gasteiger partial charge in [0.25, 0.3) is 0 Å². The molecule has 0 saturated carbocycles. The van der Waals surface area contributed by atoms with Crippen molar-refractivity contribution >= 4 is 0 Å². The van der Waals surface area contributed by atoms with Crippen molar-refractivity contribution in [3.8, 4) is 0 Å². The van der Waals surface area contributed by atoms with Crippen LogP contribution in [0.25, 0.3) is 0 Å². The van der Waals surface area contributed by atoms with Crippen LogP contribution in [-0.4, -0.2) is 37.6 Å². The van der Waals surface area contributed by atoms with Crippen LogP contribution in [0.4, 0.5) is 0 Å². The zero-order chi connectivity index (χ0) is 11.4. The number of likely N-dealkylation sites (tertiary alicyclic amines) is 1. The molecule has 2 aliphatic rings. The van der Waals surface area contributed by atoms with Crippen LogP contribution >= 0.6 is 0 Å². The number of nitrogens with zero attached hydrogens (tertiary/aromatic N) is 1. The fourth-order valence-corrected chi connectivity index (χ4v) is 3.17. The maximum absolute atomic E-state index is 3.51. The van der Waals surface area contributed by atoms with E-state index in [1.54, 1.807) is 0 Å². The van der Waals surface area contributed by atoms with Crippen LogP contribution in [0.3, 0.4) is 0 Å².